The number of amides is 3. The molecule has 0 bridgehead atoms. The predicted molar refractivity (Wildman–Crippen MR) is 127 cm³/mol. The van der Waals surface area contributed by atoms with E-state index in [1.54, 1.807) is 23.4 Å². The van der Waals surface area contributed by atoms with Gasteiger partial charge in [0, 0.05) is 51.3 Å². The molecule has 4 rings (SSSR count). The van der Waals surface area contributed by atoms with Gasteiger partial charge in [0.05, 0.1) is 25.4 Å². The summed E-state index contributed by atoms with van der Waals surface area (Å²) >= 11 is 0. The number of hydrogen-bond donors (Lipinski definition) is 1. The van der Waals surface area contributed by atoms with Crippen LogP contribution in [0.5, 0.6) is 5.75 Å². The summed E-state index contributed by atoms with van der Waals surface area (Å²) in [6, 6.07) is 8.01. The SMILES string of the molecule is CC(=O)NC[C@H]1CN(c2ccc(OC3CCN(C(=O)COCc4cccnc4)CC3)c(F)c2)C(=O)O1. The monoisotopic (exact) mass is 500 g/mol. The first-order valence-corrected chi connectivity index (χ1v) is 11.8. The molecule has 2 aliphatic heterocycles. The quantitative estimate of drug-likeness (QED) is 0.562. The molecule has 0 saturated carbocycles. The van der Waals surface area contributed by atoms with Gasteiger partial charge in [-0.1, -0.05) is 6.07 Å². The molecule has 1 aromatic carbocycles. The van der Waals surface area contributed by atoms with Crippen molar-refractivity contribution in [1.29, 1.82) is 0 Å². The Balaban J connectivity index is 1.22. The fourth-order valence-corrected chi connectivity index (χ4v) is 4.08. The van der Waals surface area contributed by atoms with Gasteiger partial charge < -0.3 is 24.4 Å². The lowest BCUT2D eigenvalue weighted by molar-refractivity contribution is -0.138. The summed E-state index contributed by atoms with van der Waals surface area (Å²) in [5, 5.41) is 2.60. The van der Waals surface area contributed by atoms with Crippen LogP contribution < -0.4 is 15.0 Å². The van der Waals surface area contributed by atoms with Crippen LogP contribution in [-0.4, -0.2) is 72.8 Å². The summed E-state index contributed by atoms with van der Waals surface area (Å²) in [6.07, 6.45) is 3.17. The summed E-state index contributed by atoms with van der Waals surface area (Å²) in [7, 11) is 0. The van der Waals surface area contributed by atoms with Gasteiger partial charge in [-0.2, -0.15) is 0 Å². The molecule has 2 aliphatic rings. The molecule has 0 spiro atoms. The second-order valence-corrected chi connectivity index (χ2v) is 8.72. The lowest BCUT2D eigenvalue weighted by Gasteiger charge is -2.32. The molecule has 0 aliphatic carbocycles. The third-order valence-electron chi connectivity index (χ3n) is 5.99. The predicted octanol–water partition coefficient (Wildman–Crippen LogP) is 2.27. The first-order valence-electron chi connectivity index (χ1n) is 11.8. The number of pyridine rings is 1. The van der Waals surface area contributed by atoms with E-state index in [2.05, 4.69) is 10.3 Å². The number of nitrogens with one attached hydrogen (secondary N) is 1. The van der Waals surface area contributed by atoms with Crippen molar-refractivity contribution in [2.45, 2.75) is 38.6 Å². The van der Waals surface area contributed by atoms with Crippen LogP contribution in [0, 0.1) is 5.82 Å². The van der Waals surface area contributed by atoms with E-state index in [1.807, 2.05) is 12.1 Å². The number of nitrogens with zero attached hydrogens (tertiary/aromatic N) is 3. The molecular weight excluding hydrogens is 471 g/mol. The van der Waals surface area contributed by atoms with Crippen molar-refractivity contribution in [2.24, 2.45) is 0 Å². The molecule has 0 radical (unpaired) electrons. The molecule has 2 fully saturated rings. The Bertz CT molecular complexity index is 1080. The van der Waals surface area contributed by atoms with E-state index in [0.29, 0.717) is 38.2 Å². The molecule has 0 unspecified atom stereocenters. The van der Waals surface area contributed by atoms with Gasteiger partial charge in [0.25, 0.3) is 0 Å². The average molecular weight is 501 g/mol. The first-order chi connectivity index (χ1) is 17.4. The second-order valence-electron chi connectivity index (χ2n) is 8.72. The molecule has 1 N–H and O–H groups in total. The summed E-state index contributed by atoms with van der Waals surface area (Å²) in [4.78, 5) is 42.7. The standard InChI is InChI=1S/C25H29FN4O6/c1-17(31)28-13-21-14-30(25(33)36-21)19-4-5-23(22(26)11-19)35-20-6-9-29(10-7-20)24(32)16-34-15-18-3-2-8-27-12-18/h2-5,8,11-12,20-21H,6-7,9-10,13-16H2,1H3,(H,28,31)/t21-/m0/s1. The Labute approximate surface area is 208 Å². The topological polar surface area (TPSA) is 110 Å². The normalized spacial score (nSPS) is 18.2. The molecule has 36 heavy (non-hydrogen) atoms. The molecule has 3 amide bonds. The molecule has 192 valence electrons. The number of carbonyl (C=O) groups is 3. The fourth-order valence-electron chi connectivity index (χ4n) is 4.08. The Morgan fingerprint density at radius 3 is 2.75 bits per heavy atom. The van der Waals surface area contributed by atoms with Gasteiger partial charge >= 0.3 is 6.09 Å². The first kappa shape index (κ1) is 25.4. The van der Waals surface area contributed by atoms with Crippen molar-refractivity contribution in [3.05, 3.63) is 54.1 Å². The lowest BCUT2D eigenvalue weighted by Crippen LogP contribution is -2.43. The van der Waals surface area contributed by atoms with E-state index in [-0.39, 0.29) is 43.4 Å². The molecule has 2 aromatic rings. The number of rotatable bonds is 9. The van der Waals surface area contributed by atoms with Crippen LogP contribution in [-0.2, 0) is 25.7 Å². The van der Waals surface area contributed by atoms with E-state index < -0.39 is 18.0 Å². The van der Waals surface area contributed by atoms with Crippen LogP contribution in [0.2, 0.25) is 0 Å². The Hall–Kier alpha value is -3.73. The van der Waals surface area contributed by atoms with Crippen molar-refractivity contribution < 1.29 is 33.0 Å². The second kappa shape index (κ2) is 11.8. The number of ether oxygens (including phenoxy) is 3. The van der Waals surface area contributed by atoms with Crippen molar-refractivity contribution in [1.82, 2.24) is 15.2 Å². The number of cyclic esters (lactones) is 1. The van der Waals surface area contributed by atoms with E-state index in [1.165, 1.54) is 24.0 Å². The smallest absolute Gasteiger partial charge is 0.414 e. The molecule has 1 aromatic heterocycles. The minimum absolute atomic E-state index is 0.0128. The van der Waals surface area contributed by atoms with E-state index in [0.717, 1.165) is 5.56 Å². The molecular formula is C25H29FN4O6. The number of aromatic nitrogens is 1. The number of benzene rings is 1. The van der Waals surface area contributed by atoms with Gasteiger partial charge in [-0.15, -0.1) is 0 Å². The minimum Gasteiger partial charge on any atom is -0.487 e. The maximum Gasteiger partial charge on any atom is 0.414 e. The Morgan fingerprint density at radius 1 is 1.25 bits per heavy atom. The number of halogens is 1. The molecule has 11 heteroatoms. The van der Waals surface area contributed by atoms with E-state index in [4.69, 9.17) is 14.2 Å². The lowest BCUT2D eigenvalue weighted by atomic mass is 10.1. The highest BCUT2D eigenvalue weighted by Gasteiger charge is 2.33. The number of likely N-dealkylation sites (tertiary alicyclic amines) is 1. The fraction of sp³-hybridized carbons (Fsp3) is 0.440. The summed E-state index contributed by atoms with van der Waals surface area (Å²) in [6.45, 7) is 3.07. The van der Waals surface area contributed by atoms with Gasteiger partial charge in [-0.3, -0.25) is 19.5 Å². The summed E-state index contributed by atoms with van der Waals surface area (Å²) in [5.74, 6) is -0.817. The van der Waals surface area contributed by atoms with Crippen LogP contribution in [0.3, 0.4) is 0 Å². The third-order valence-corrected chi connectivity index (χ3v) is 5.99. The molecule has 2 saturated heterocycles. The van der Waals surface area contributed by atoms with Crippen LogP contribution in [0.15, 0.2) is 42.7 Å². The molecule has 10 nitrogen and oxygen atoms in total. The summed E-state index contributed by atoms with van der Waals surface area (Å²) < 4.78 is 31.3. The van der Waals surface area contributed by atoms with E-state index >= 15 is 0 Å². The highest BCUT2D eigenvalue weighted by Crippen LogP contribution is 2.29. The maximum absolute atomic E-state index is 14.8. The van der Waals surface area contributed by atoms with Gasteiger partial charge in [0.1, 0.15) is 18.8 Å². The van der Waals surface area contributed by atoms with Crippen LogP contribution in [0.1, 0.15) is 25.3 Å². The zero-order chi connectivity index (χ0) is 25.5. The van der Waals surface area contributed by atoms with Crippen molar-refractivity contribution >= 4 is 23.6 Å². The average Bonchev–Trinajstić information content (AvgIpc) is 3.25. The van der Waals surface area contributed by atoms with Gasteiger partial charge in [0.15, 0.2) is 11.6 Å². The van der Waals surface area contributed by atoms with Gasteiger partial charge in [-0.05, 0) is 23.8 Å². The van der Waals surface area contributed by atoms with Crippen LogP contribution in [0.4, 0.5) is 14.9 Å². The van der Waals surface area contributed by atoms with Crippen LogP contribution >= 0.6 is 0 Å². The maximum atomic E-state index is 14.8. The number of piperidine rings is 1. The van der Waals surface area contributed by atoms with Gasteiger partial charge in [0.2, 0.25) is 11.8 Å². The van der Waals surface area contributed by atoms with Crippen molar-refractivity contribution in [3.8, 4) is 5.75 Å². The largest absolute Gasteiger partial charge is 0.487 e. The number of carbonyl (C=O) groups excluding carboxylic acids is 3. The van der Waals surface area contributed by atoms with Crippen molar-refractivity contribution in [2.75, 3.05) is 37.7 Å². The number of anilines is 1. The van der Waals surface area contributed by atoms with Crippen molar-refractivity contribution in [3.63, 3.8) is 0 Å². The minimum atomic E-state index is -0.597. The zero-order valence-electron chi connectivity index (χ0n) is 20.0. The Kier molecular flexibility index (Phi) is 8.32. The molecule has 1 atom stereocenters. The highest BCUT2D eigenvalue weighted by atomic mass is 19.1. The number of hydrogen-bond acceptors (Lipinski definition) is 7. The van der Waals surface area contributed by atoms with Gasteiger partial charge in [-0.25, -0.2) is 9.18 Å². The van der Waals surface area contributed by atoms with Crippen LogP contribution in [0.25, 0.3) is 0 Å². The van der Waals surface area contributed by atoms with E-state index in [9.17, 15) is 18.8 Å². The zero-order valence-corrected chi connectivity index (χ0v) is 20.0. The Morgan fingerprint density at radius 2 is 2.06 bits per heavy atom. The molecule has 3 heterocycles. The highest BCUT2D eigenvalue weighted by molar-refractivity contribution is 5.90. The summed E-state index contributed by atoms with van der Waals surface area (Å²) in [5.41, 5.74) is 1.25. The third kappa shape index (κ3) is 6.69.